The fraction of sp³-hybridized carbons (Fsp3) is 0.0909. The van der Waals surface area contributed by atoms with Crippen molar-refractivity contribution in [1.29, 1.82) is 0 Å². The molecule has 0 saturated heterocycles. The van der Waals surface area contributed by atoms with E-state index in [0.29, 0.717) is 5.69 Å². The van der Waals surface area contributed by atoms with E-state index in [2.05, 4.69) is 20.4 Å². The van der Waals surface area contributed by atoms with Gasteiger partial charge in [0.2, 0.25) is 5.95 Å². The summed E-state index contributed by atoms with van der Waals surface area (Å²) in [6.07, 6.45) is 4.97. The molecule has 0 aliphatic carbocycles. The molecule has 2 heterocycles. The number of hydrogen-bond donors (Lipinski definition) is 2. The second kappa shape index (κ2) is 5.09. The highest BCUT2D eigenvalue weighted by Crippen LogP contribution is 2.15. The molecule has 2 amide bonds. The Hall–Kier alpha value is -2.70. The SMILES string of the molecule is CN(Nc1nccc(-c2cccnc2)n1)C(N)=O. The van der Waals surface area contributed by atoms with Crippen LogP contribution in [0.5, 0.6) is 0 Å². The first-order chi connectivity index (χ1) is 8.66. The van der Waals surface area contributed by atoms with Gasteiger partial charge in [0.1, 0.15) is 0 Å². The molecule has 0 saturated carbocycles. The van der Waals surface area contributed by atoms with Gasteiger partial charge in [0, 0.05) is 31.2 Å². The maximum absolute atomic E-state index is 10.9. The van der Waals surface area contributed by atoms with Gasteiger partial charge in [0.25, 0.3) is 0 Å². The number of nitrogens with zero attached hydrogens (tertiary/aromatic N) is 4. The molecule has 0 spiro atoms. The van der Waals surface area contributed by atoms with Crippen LogP contribution in [0.3, 0.4) is 0 Å². The summed E-state index contributed by atoms with van der Waals surface area (Å²) in [4.78, 5) is 23.1. The van der Waals surface area contributed by atoms with Gasteiger partial charge in [-0.05, 0) is 18.2 Å². The maximum Gasteiger partial charge on any atom is 0.333 e. The number of nitrogens with two attached hydrogens (primary N) is 1. The molecule has 2 rings (SSSR count). The van der Waals surface area contributed by atoms with Gasteiger partial charge in [0.05, 0.1) is 5.69 Å². The van der Waals surface area contributed by atoms with Crippen LogP contribution in [0, 0.1) is 0 Å². The zero-order valence-electron chi connectivity index (χ0n) is 9.74. The number of hydrazine groups is 1. The van der Waals surface area contributed by atoms with E-state index in [1.54, 1.807) is 24.7 Å². The second-order valence-corrected chi connectivity index (χ2v) is 3.52. The smallest absolute Gasteiger partial charge is 0.333 e. The van der Waals surface area contributed by atoms with Crippen LogP contribution in [0.2, 0.25) is 0 Å². The quantitative estimate of drug-likeness (QED) is 0.781. The first-order valence-electron chi connectivity index (χ1n) is 5.20. The molecule has 7 nitrogen and oxygen atoms in total. The van der Waals surface area contributed by atoms with Gasteiger partial charge in [-0.3, -0.25) is 10.4 Å². The van der Waals surface area contributed by atoms with Crippen molar-refractivity contribution in [3.63, 3.8) is 0 Å². The van der Waals surface area contributed by atoms with E-state index >= 15 is 0 Å². The Labute approximate surface area is 104 Å². The number of aromatic nitrogens is 3. The highest BCUT2D eigenvalue weighted by molar-refractivity contribution is 5.73. The van der Waals surface area contributed by atoms with Crippen LogP contribution in [-0.2, 0) is 0 Å². The lowest BCUT2D eigenvalue weighted by atomic mass is 10.2. The Morgan fingerprint density at radius 1 is 1.39 bits per heavy atom. The lowest BCUT2D eigenvalue weighted by molar-refractivity contribution is 0.226. The van der Waals surface area contributed by atoms with Crippen LogP contribution < -0.4 is 11.2 Å². The third-order valence-electron chi connectivity index (χ3n) is 2.21. The Balaban J connectivity index is 2.23. The lowest BCUT2D eigenvalue weighted by Gasteiger charge is -2.15. The van der Waals surface area contributed by atoms with Crippen molar-refractivity contribution in [2.75, 3.05) is 12.5 Å². The minimum Gasteiger partial charge on any atom is -0.350 e. The molecule has 0 aliphatic heterocycles. The van der Waals surface area contributed by atoms with Crippen LogP contribution in [0.15, 0.2) is 36.8 Å². The number of carbonyl (C=O) groups excluding carboxylic acids is 1. The molecular weight excluding hydrogens is 232 g/mol. The summed E-state index contributed by atoms with van der Waals surface area (Å²) < 4.78 is 0. The molecule has 0 unspecified atom stereocenters. The van der Waals surface area contributed by atoms with Crippen LogP contribution in [0.1, 0.15) is 0 Å². The Kier molecular flexibility index (Phi) is 3.33. The molecule has 0 fully saturated rings. The molecule has 18 heavy (non-hydrogen) atoms. The zero-order valence-corrected chi connectivity index (χ0v) is 9.74. The van der Waals surface area contributed by atoms with Crippen LogP contribution in [-0.4, -0.2) is 33.0 Å². The molecular formula is C11H12N6O. The predicted molar refractivity (Wildman–Crippen MR) is 66.2 cm³/mol. The normalized spacial score (nSPS) is 9.83. The van der Waals surface area contributed by atoms with E-state index in [1.807, 2.05) is 12.1 Å². The monoisotopic (exact) mass is 244 g/mol. The van der Waals surface area contributed by atoms with Gasteiger partial charge in [-0.25, -0.2) is 19.8 Å². The Morgan fingerprint density at radius 3 is 2.89 bits per heavy atom. The first kappa shape index (κ1) is 11.8. The summed E-state index contributed by atoms with van der Waals surface area (Å²) in [5.74, 6) is 0.289. The highest BCUT2D eigenvalue weighted by Gasteiger charge is 2.06. The topological polar surface area (TPSA) is 97.0 Å². The van der Waals surface area contributed by atoms with Gasteiger partial charge in [-0.2, -0.15) is 0 Å². The van der Waals surface area contributed by atoms with Crippen LogP contribution in [0.25, 0.3) is 11.3 Å². The van der Waals surface area contributed by atoms with E-state index in [0.717, 1.165) is 10.6 Å². The predicted octanol–water partition coefficient (Wildman–Crippen LogP) is 0.876. The summed E-state index contributed by atoms with van der Waals surface area (Å²) in [6, 6.07) is 4.84. The number of hydrogen-bond acceptors (Lipinski definition) is 5. The van der Waals surface area contributed by atoms with Crippen LogP contribution >= 0.6 is 0 Å². The fourth-order valence-corrected chi connectivity index (χ4v) is 1.29. The number of anilines is 1. The molecule has 0 bridgehead atoms. The lowest BCUT2D eigenvalue weighted by Crippen LogP contribution is -2.37. The number of nitrogens with one attached hydrogen (secondary N) is 1. The van der Waals surface area contributed by atoms with Crippen molar-refractivity contribution in [2.45, 2.75) is 0 Å². The number of urea groups is 1. The number of pyridine rings is 1. The van der Waals surface area contributed by atoms with Crippen molar-refractivity contribution < 1.29 is 4.79 Å². The Morgan fingerprint density at radius 2 is 2.22 bits per heavy atom. The molecule has 2 aromatic heterocycles. The largest absolute Gasteiger partial charge is 0.350 e. The highest BCUT2D eigenvalue weighted by atomic mass is 16.2. The van der Waals surface area contributed by atoms with Crippen molar-refractivity contribution >= 4 is 12.0 Å². The molecule has 0 atom stereocenters. The van der Waals surface area contributed by atoms with Gasteiger partial charge in [0.15, 0.2) is 0 Å². The summed E-state index contributed by atoms with van der Waals surface area (Å²) >= 11 is 0. The van der Waals surface area contributed by atoms with Crippen LogP contribution in [0.4, 0.5) is 10.7 Å². The average molecular weight is 244 g/mol. The molecule has 2 aromatic rings. The van der Waals surface area contributed by atoms with E-state index < -0.39 is 6.03 Å². The summed E-state index contributed by atoms with van der Waals surface area (Å²) in [7, 11) is 1.49. The molecule has 3 N–H and O–H groups in total. The van der Waals surface area contributed by atoms with E-state index in [4.69, 9.17) is 5.73 Å². The second-order valence-electron chi connectivity index (χ2n) is 3.52. The van der Waals surface area contributed by atoms with Gasteiger partial charge in [-0.1, -0.05) is 0 Å². The zero-order chi connectivity index (χ0) is 13.0. The molecule has 92 valence electrons. The first-order valence-corrected chi connectivity index (χ1v) is 5.20. The van der Waals surface area contributed by atoms with E-state index in [9.17, 15) is 4.79 Å². The fourth-order valence-electron chi connectivity index (χ4n) is 1.29. The average Bonchev–Trinajstić information content (AvgIpc) is 2.40. The van der Waals surface area contributed by atoms with E-state index in [1.165, 1.54) is 7.05 Å². The molecule has 0 radical (unpaired) electrons. The van der Waals surface area contributed by atoms with Gasteiger partial charge < -0.3 is 5.73 Å². The third-order valence-corrected chi connectivity index (χ3v) is 2.21. The van der Waals surface area contributed by atoms with Crippen molar-refractivity contribution in [2.24, 2.45) is 5.73 Å². The molecule has 0 aromatic carbocycles. The Bertz CT molecular complexity index is 544. The number of rotatable bonds is 3. The number of amides is 2. The number of carbonyl (C=O) groups is 1. The van der Waals surface area contributed by atoms with Crippen molar-refractivity contribution in [3.8, 4) is 11.3 Å². The molecule has 7 heteroatoms. The minimum absolute atomic E-state index is 0.289. The number of primary amides is 1. The maximum atomic E-state index is 10.9. The minimum atomic E-state index is -0.620. The third kappa shape index (κ3) is 2.70. The summed E-state index contributed by atoms with van der Waals surface area (Å²) in [5.41, 5.74) is 9.33. The van der Waals surface area contributed by atoms with Gasteiger partial charge in [-0.15, -0.1) is 0 Å². The standard InChI is InChI=1S/C11H12N6O/c1-17(10(12)18)16-11-14-6-4-9(15-11)8-3-2-5-13-7-8/h2-7H,1H3,(H2,12,18)(H,14,15,16). The summed E-state index contributed by atoms with van der Waals surface area (Å²) in [5, 5.41) is 1.10. The summed E-state index contributed by atoms with van der Waals surface area (Å²) in [6.45, 7) is 0. The van der Waals surface area contributed by atoms with Crippen molar-refractivity contribution in [3.05, 3.63) is 36.8 Å². The van der Waals surface area contributed by atoms with E-state index in [-0.39, 0.29) is 5.95 Å². The van der Waals surface area contributed by atoms with Crippen molar-refractivity contribution in [1.82, 2.24) is 20.0 Å². The molecule has 0 aliphatic rings. The van der Waals surface area contributed by atoms with Gasteiger partial charge >= 0.3 is 6.03 Å².